The van der Waals surface area contributed by atoms with Crippen LogP contribution in [0.3, 0.4) is 0 Å². The molecule has 1 unspecified atom stereocenters. The molecule has 1 aliphatic rings. The first kappa shape index (κ1) is 10.4. The van der Waals surface area contributed by atoms with Gasteiger partial charge in [0, 0.05) is 26.1 Å². The summed E-state index contributed by atoms with van der Waals surface area (Å²) < 4.78 is 0. The second-order valence-corrected chi connectivity index (χ2v) is 4.28. The summed E-state index contributed by atoms with van der Waals surface area (Å²) in [5.74, 6) is 0.637. The summed E-state index contributed by atoms with van der Waals surface area (Å²) in [5, 5.41) is 3.91. The zero-order valence-corrected chi connectivity index (χ0v) is 9.76. The van der Waals surface area contributed by atoms with E-state index >= 15 is 0 Å². The number of rotatable bonds is 1. The number of benzene rings is 1. The monoisotopic (exact) mass is 220 g/mol. The molecule has 0 bridgehead atoms. The summed E-state index contributed by atoms with van der Waals surface area (Å²) in [4.78, 5) is 2.24. The highest BCUT2D eigenvalue weighted by atomic mass is 32.1. The Labute approximate surface area is 96.3 Å². The fourth-order valence-corrected chi connectivity index (χ4v) is 2.27. The molecule has 0 amide bonds. The van der Waals surface area contributed by atoms with Crippen LogP contribution in [0.5, 0.6) is 0 Å². The number of nitrogens with zero attached hydrogens (tertiary/aromatic N) is 1. The van der Waals surface area contributed by atoms with Crippen LogP contribution < -0.4 is 5.32 Å². The van der Waals surface area contributed by atoms with Crippen LogP contribution in [0.1, 0.15) is 17.9 Å². The molecule has 1 saturated heterocycles. The average Bonchev–Trinajstić information content (AvgIpc) is 2.78. The maximum Gasteiger partial charge on any atom is 0.168 e. The largest absolute Gasteiger partial charge is 0.366 e. The molecule has 1 atom stereocenters. The summed E-state index contributed by atoms with van der Waals surface area (Å²) in [6.07, 6.45) is 1.20. The van der Waals surface area contributed by atoms with Crippen molar-refractivity contribution in [2.45, 2.75) is 12.3 Å². The van der Waals surface area contributed by atoms with E-state index in [1.54, 1.807) is 0 Å². The van der Waals surface area contributed by atoms with E-state index in [2.05, 4.69) is 40.5 Å². The maximum atomic E-state index is 5.23. The zero-order chi connectivity index (χ0) is 10.7. The minimum Gasteiger partial charge on any atom is -0.366 e. The SMILES string of the molecule is CNC(=S)N1CCC(c2ccccc2)C1. The standard InChI is InChI=1S/C12H16N2S/c1-13-12(15)14-8-7-11(9-14)10-5-3-2-4-6-10/h2-6,11H,7-9H2,1H3,(H,13,15). The van der Waals surface area contributed by atoms with Gasteiger partial charge in [-0.2, -0.15) is 0 Å². The number of nitrogens with one attached hydrogen (secondary N) is 1. The molecule has 2 nitrogen and oxygen atoms in total. The molecule has 1 N–H and O–H groups in total. The van der Waals surface area contributed by atoms with Crippen LogP contribution in [-0.4, -0.2) is 30.1 Å². The Hall–Kier alpha value is -1.09. The van der Waals surface area contributed by atoms with Gasteiger partial charge in [-0.15, -0.1) is 0 Å². The highest BCUT2D eigenvalue weighted by Crippen LogP contribution is 2.26. The second-order valence-electron chi connectivity index (χ2n) is 3.90. The van der Waals surface area contributed by atoms with Crippen molar-refractivity contribution < 1.29 is 0 Å². The van der Waals surface area contributed by atoms with Gasteiger partial charge < -0.3 is 10.2 Å². The third-order valence-electron chi connectivity index (χ3n) is 2.96. The van der Waals surface area contributed by atoms with Crippen LogP contribution in [-0.2, 0) is 0 Å². The number of hydrogen-bond donors (Lipinski definition) is 1. The Balaban J connectivity index is 2.02. The number of hydrogen-bond acceptors (Lipinski definition) is 1. The van der Waals surface area contributed by atoms with E-state index in [0.717, 1.165) is 18.2 Å². The van der Waals surface area contributed by atoms with Crippen molar-refractivity contribution in [3.8, 4) is 0 Å². The summed E-state index contributed by atoms with van der Waals surface area (Å²) in [6.45, 7) is 2.11. The van der Waals surface area contributed by atoms with Crippen LogP contribution in [0.4, 0.5) is 0 Å². The lowest BCUT2D eigenvalue weighted by molar-refractivity contribution is 0.504. The van der Waals surface area contributed by atoms with Gasteiger partial charge in [0.05, 0.1) is 0 Å². The molecule has 0 aliphatic carbocycles. The molecule has 15 heavy (non-hydrogen) atoms. The second kappa shape index (κ2) is 4.62. The first-order valence-electron chi connectivity index (χ1n) is 5.33. The van der Waals surface area contributed by atoms with Crippen LogP contribution in [0.15, 0.2) is 30.3 Å². The van der Waals surface area contributed by atoms with Crippen molar-refractivity contribution in [1.29, 1.82) is 0 Å². The van der Waals surface area contributed by atoms with Crippen LogP contribution in [0, 0.1) is 0 Å². The lowest BCUT2D eigenvalue weighted by Crippen LogP contribution is -2.35. The molecule has 3 heteroatoms. The first-order valence-corrected chi connectivity index (χ1v) is 5.73. The van der Waals surface area contributed by atoms with Gasteiger partial charge in [0.1, 0.15) is 0 Å². The van der Waals surface area contributed by atoms with E-state index in [-0.39, 0.29) is 0 Å². The van der Waals surface area contributed by atoms with Gasteiger partial charge >= 0.3 is 0 Å². The molecule has 2 rings (SSSR count). The quantitative estimate of drug-likeness (QED) is 0.729. The van der Waals surface area contributed by atoms with Gasteiger partial charge in [-0.25, -0.2) is 0 Å². The Morgan fingerprint density at radius 2 is 2.13 bits per heavy atom. The zero-order valence-electron chi connectivity index (χ0n) is 8.94. The van der Waals surface area contributed by atoms with E-state index in [1.165, 1.54) is 12.0 Å². The summed E-state index contributed by atoms with van der Waals surface area (Å²) in [7, 11) is 1.89. The van der Waals surface area contributed by atoms with Crippen molar-refractivity contribution >= 4 is 17.3 Å². The summed E-state index contributed by atoms with van der Waals surface area (Å²) in [6, 6.07) is 10.7. The molecule has 0 saturated carbocycles. The van der Waals surface area contributed by atoms with Gasteiger partial charge in [0.2, 0.25) is 0 Å². The number of likely N-dealkylation sites (tertiary alicyclic amines) is 1. The van der Waals surface area contributed by atoms with Crippen molar-refractivity contribution in [1.82, 2.24) is 10.2 Å². The average molecular weight is 220 g/mol. The predicted octanol–water partition coefficient (Wildman–Crippen LogP) is 1.98. The summed E-state index contributed by atoms with van der Waals surface area (Å²) >= 11 is 5.23. The topological polar surface area (TPSA) is 15.3 Å². The van der Waals surface area contributed by atoms with Gasteiger partial charge in [-0.3, -0.25) is 0 Å². The Morgan fingerprint density at radius 3 is 2.80 bits per heavy atom. The molecule has 0 spiro atoms. The van der Waals surface area contributed by atoms with Gasteiger partial charge in [-0.1, -0.05) is 30.3 Å². The Kier molecular flexibility index (Phi) is 3.21. The summed E-state index contributed by atoms with van der Waals surface area (Å²) in [5.41, 5.74) is 1.43. The van der Waals surface area contributed by atoms with Crippen molar-refractivity contribution in [2.24, 2.45) is 0 Å². The fraction of sp³-hybridized carbons (Fsp3) is 0.417. The smallest absolute Gasteiger partial charge is 0.168 e. The highest BCUT2D eigenvalue weighted by molar-refractivity contribution is 7.80. The van der Waals surface area contributed by atoms with Gasteiger partial charge in [0.15, 0.2) is 5.11 Å². The molecule has 0 aromatic heterocycles. The maximum absolute atomic E-state index is 5.23. The van der Waals surface area contributed by atoms with Gasteiger partial charge in [-0.05, 0) is 24.2 Å². The normalized spacial score (nSPS) is 20.3. The first-order chi connectivity index (χ1) is 7.31. The lowest BCUT2D eigenvalue weighted by atomic mass is 9.99. The van der Waals surface area contributed by atoms with E-state index in [4.69, 9.17) is 12.2 Å². The molecular formula is C12H16N2S. The molecule has 80 valence electrons. The van der Waals surface area contributed by atoms with Crippen molar-refractivity contribution in [3.63, 3.8) is 0 Å². The van der Waals surface area contributed by atoms with E-state index in [1.807, 2.05) is 7.05 Å². The fourth-order valence-electron chi connectivity index (χ4n) is 2.10. The van der Waals surface area contributed by atoms with Crippen LogP contribution in [0.25, 0.3) is 0 Å². The van der Waals surface area contributed by atoms with E-state index < -0.39 is 0 Å². The molecule has 1 aromatic rings. The van der Waals surface area contributed by atoms with Crippen molar-refractivity contribution in [2.75, 3.05) is 20.1 Å². The third kappa shape index (κ3) is 2.29. The molecular weight excluding hydrogens is 204 g/mol. The predicted molar refractivity (Wildman–Crippen MR) is 67.0 cm³/mol. The van der Waals surface area contributed by atoms with Crippen LogP contribution >= 0.6 is 12.2 Å². The van der Waals surface area contributed by atoms with E-state index in [0.29, 0.717) is 5.92 Å². The number of thiocarbonyl (C=S) groups is 1. The molecule has 1 heterocycles. The lowest BCUT2D eigenvalue weighted by Gasteiger charge is -2.18. The van der Waals surface area contributed by atoms with Crippen molar-refractivity contribution in [3.05, 3.63) is 35.9 Å². The molecule has 1 fully saturated rings. The molecule has 1 aliphatic heterocycles. The minimum absolute atomic E-state index is 0.637. The van der Waals surface area contributed by atoms with Crippen LogP contribution in [0.2, 0.25) is 0 Å². The molecule has 1 aromatic carbocycles. The highest BCUT2D eigenvalue weighted by Gasteiger charge is 2.24. The molecule has 0 radical (unpaired) electrons. The van der Waals surface area contributed by atoms with Gasteiger partial charge in [0.25, 0.3) is 0 Å². The Morgan fingerprint density at radius 1 is 1.40 bits per heavy atom. The third-order valence-corrected chi connectivity index (χ3v) is 3.42. The van der Waals surface area contributed by atoms with E-state index in [9.17, 15) is 0 Å². The Bertz CT molecular complexity index is 337. The minimum atomic E-state index is 0.637.